The minimum Gasteiger partial charge on any atom is -0.452 e. The molecule has 1 fully saturated rings. The molecule has 30 heavy (non-hydrogen) atoms. The maximum atomic E-state index is 12.6. The van der Waals surface area contributed by atoms with Crippen LogP contribution in [-0.2, 0) is 19.6 Å². The van der Waals surface area contributed by atoms with Crippen LogP contribution in [0.1, 0.15) is 23.2 Å². The molecule has 0 spiro atoms. The van der Waals surface area contributed by atoms with Gasteiger partial charge in [-0.3, -0.25) is 4.79 Å². The van der Waals surface area contributed by atoms with E-state index in [0.717, 1.165) is 12.8 Å². The predicted octanol–water partition coefficient (Wildman–Crippen LogP) is 3.16. The summed E-state index contributed by atoms with van der Waals surface area (Å²) in [5.41, 5.74) is 5.94. The van der Waals surface area contributed by atoms with Crippen molar-refractivity contribution in [2.45, 2.75) is 17.7 Å². The van der Waals surface area contributed by atoms with Crippen LogP contribution in [0.2, 0.25) is 10.0 Å². The molecule has 0 aliphatic carbocycles. The Labute approximate surface area is 183 Å². The van der Waals surface area contributed by atoms with Crippen molar-refractivity contribution < 1.29 is 22.7 Å². The van der Waals surface area contributed by atoms with Gasteiger partial charge in [0.05, 0.1) is 21.2 Å². The van der Waals surface area contributed by atoms with Crippen LogP contribution in [0.3, 0.4) is 0 Å². The van der Waals surface area contributed by atoms with Crippen LogP contribution >= 0.6 is 23.2 Å². The molecule has 0 atom stereocenters. The van der Waals surface area contributed by atoms with E-state index in [1.165, 1.54) is 40.7 Å². The van der Waals surface area contributed by atoms with Crippen molar-refractivity contribution in [1.29, 1.82) is 0 Å². The molecule has 1 saturated heterocycles. The van der Waals surface area contributed by atoms with Crippen molar-refractivity contribution in [2.75, 3.05) is 30.7 Å². The molecular weight excluding hydrogens is 453 g/mol. The number of nitrogens with one attached hydrogen (secondary N) is 1. The number of benzene rings is 2. The number of carbonyl (C=O) groups excluding carboxylic acids is 2. The van der Waals surface area contributed by atoms with Gasteiger partial charge < -0.3 is 15.8 Å². The first kappa shape index (κ1) is 22.4. The number of nitrogens with zero attached hydrogens (tertiary/aromatic N) is 1. The van der Waals surface area contributed by atoms with Gasteiger partial charge in [-0.25, -0.2) is 13.2 Å². The second-order valence-corrected chi connectivity index (χ2v) is 9.39. The van der Waals surface area contributed by atoms with Crippen molar-refractivity contribution in [3.8, 4) is 0 Å². The molecule has 3 N–H and O–H groups in total. The number of halogens is 2. The summed E-state index contributed by atoms with van der Waals surface area (Å²) in [5, 5.41) is 2.80. The number of amides is 1. The Hall–Kier alpha value is -2.33. The fourth-order valence-corrected chi connectivity index (χ4v) is 5.03. The first-order chi connectivity index (χ1) is 14.2. The van der Waals surface area contributed by atoms with Gasteiger partial charge in [0.2, 0.25) is 10.0 Å². The number of nitrogen functional groups attached to an aromatic ring is 1. The lowest BCUT2D eigenvalue weighted by Gasteiger charge is -2.16. The third-order valence-electron chi connectivity index (χ3n) is 4.47. The molecule has 11 heteroatoms. The molecule has 1 amide bonds. The van der Waals surface area contributed by atoms with E-state index < -0.39 is 28.5 Å². The fraction of sp³-hybridized carbons (Fsp3) is 0.263. The van der Waals surface area contributed by atoms with Gasteiger partial charge in [-0.2, -0.15) is 4.31 Å². The molecule has 0 bridgehead atoms. The zero-order valence-corrected chi connectivity index (χ0v) is 18.1. The number of ether oxygens (including phenoxy) is 1. The normalized spacial score (nSPS) is 14.5. The van der Waals surface area contributed by atoms with Gasteiger partial charge in [0.15, 0.2) is 6.61 Å². The van der Waals surface area contributed by atoms with Gasteiger partial charge in [0, 0.05) is 23.8 Å². The van der Waals surface area contributed by atoms with Gasteiger partial charge in [-0.05, 0) is 43.2 Å². The number of sulfonamides is 1. The Kier molecular flexibility index (Phi) is 6.87. The van der Waals surface area contributed by atoms with E-state index in [9.17, 15) is 18.0 Å². The molecule has 1 aliphatic rings. The number of rotatable bonds is 6. The number of hydrogen-bond donors (Lipinski definition) is 2. The lowest BCUT2D eigenvalue weighted by Crippen LogP contribution is -2.28. The number of carbonyl (C=O) groups is 2. The smallest absolute Gasteiger partial charge is 0.340 e. The Bertz CT molecular complexity index is 1090. The van der Waals surface area contributed by atoms with Crippen LogP contribution in [0.4, 0.5) is 11.4 Å². The predicted molar refractivity (Wildman–Crippen MR) is 114 cm³/mol. The summed E-state index contributed by atoms with van der Waals surface area (Å²) in [6.07, 6.45) is 1.65. The standard InChI is InChI=1S/C19H19Cl2N3O5S/c20-12-8-15(18(22)16(21)9-12)19(26)29-11-17(25)23-13-4-3-5-14(10-13)30(27,28)24-6-1-2-7-24/h3-5,8-10H,1-2,6-7,11,22H2,(H,23,25). The van der Waals surface area contributed by atoms with Crippen LogP contribution in [-0.4, -0.2) is 44.3 Å². The Morgan fingerprint density at radius 2 is 1.83 bits per heavy atom. The molecule has 2 aromatic rings. The van der Waals surface area contributed by atoms with Crippen LogP contribution in [0.15, 0.2) is 41.3 Å². The number of nitrogens with two attached hydrogens (primary N) is 1. The molecule has 8 nitrogen and oxygen atoms in total. The van der Waals surface area contributed by atoms with Crippen molar-refractivity contribution in [3.63, 3.8) is 0 Å². The summed E-state index contributed by atoms with van der Waals surface area (Å²) in [6.45, 7) is 0.350. The number of esters is 1. The summed E-state index contributed by atoms with van der Waals surface area (Å²) in [4.78, 5) is 24.4. The maximum Gasteiger partial charge on any atom is 0.340 e. The Balaban J connectivity index is 1.64. The summed E-state index contributed by atoms with van der Waals surface area (Å²) >= 11 is 11.7. The van der Waals surface area contributed by atoms with Crippen LogP contribution in [0.5, 0.6) is 0 Å². The molecule has 1 heterocycles. The second-order valence-electron chi connectivity index (χ2n) is 6.61. The van der Waals surface area contributed by atoms with E-state index in [2.05, 4.69) is 5.32 Å². The third kappa shape index (κ3) is 5.04. The minimum atomic E-state index is -3.61. The SMILES string of the molecule is Nc1c(Cl)cc(Cl)cc1C(=O)OCC(=O)Nc1cccc(S(=O)(=O)N2CCCC2)c1. The molecular formula is C19H19Cl2N3O5S. The largest absolute Gasteiger partial charge is 0.452 e. The molecule has 1 aliphatic heterocycles. The van der Waals surface area contributed by atoms with E-state index in [1.54, 1.807) is 0 Å². The number of hydrogen-bond acceptors (Lipinski definition) is 6. The first-order valence-corrected chi connectivity index (χ1v) is 11.2. The molecule has 2 aromatic carbocycles. The van der Waals surface area contributed by atoms with Crippen molar-refractivity contribution in [1.82, 2.24) is 4.31 Å². The molecule has 0 unspecified atom stereocenters. The Morgan fingerprint density at radius 3 is 2.53 bits per heavy atom. The zero-order chi connectivity index (χ0) is 21.9. The van der Waals surface area contributed by atoms with E-state index in [-0.39, 0.29) is 31.9 Å². The van der Waals surface area contributed by atoms with E-state index in [0.29, 0.717) is 13.1 Å². The van der Waals surface area contributed by atoms with Crippen LogP contribution in [0, 0.1) is 0 Å². The summed E-state index contributed by atoms with van der Waals surface area (Å²) in [7, 11) is -3.61. The van der Waals surface area contributed by atoms with Crippen LogP contribution < -0.4 is 11.1 Å². The highest BCUT2D eigenvalue weighted by Crippen LogP contribution is 2.28. The minimum absolute atomic E-state index is 0.00806. The van der Waals surface area contributed by atoms with Gasteiger partial charge >= 0.3 is 5.97 Å². The van der Waals surface area contributed by atoms with Gasteiger partial charge in [-0.1, -0.05) is 29.3 Å². The second kappa shape index (κ2) is 9.22. The van der Waals surface area contributed by atoms with Gasteiger partial charge in [0.1, 0.15) is 0 Å². The van der Waals surface area contributed by atoms with Crippen molar-refractivity contribution in [2.24, 2.45) is 0 Å². The summed E-state index contributed by atoms with van der Waals surface area (Å²) < 4.78 is 31.7. The molecule has 160 valence electrons. The average Bonchev–Trinajstić information content (AvgIpc) is 3.25. The van der Waals surface area contributed by atoms with Crippen molar-refractivity contribution in [3.05, 3.63) is 52.0 Å². The van der Waals surface area contributed by atoms with Crippen LogP contribution in [0.25, 0.3) is 0 Å². The van der Waals surface area contributed by atoms with E-state index in [1.807, 2.05) is 0 Å². The molecule has 0 radical (unpaired) electrons. The average molecular weight is 472 g/mol. The van der Waals surface area contributed by atoms with E-state index >= 15 is 0 Å². The first-order valence-electron chi connectivity index (χ1n) is 9.00. The molecule has 3 rings (SSSR count). The highest BCUT2D eigenvalue weighted by Gasteiger charge is 2.27. The topological polar surface area (TPSA) is 119 Å². The van der Waals surface area contributed by atoms with Crippen molar-refractivity contribution >= 4 is 56.5 Å². The van der Waals surface area contributed by atoms with Gasteiger partial charge in [-0.15, -0.1) is 0 Å². The monoisotopic (exact) mass is 471 g/mol. The highest BCUT2D eigenvalue weighted by atomic mass is 35.5. The highest BCUT2D eigenvalue weighted by molar-refractivity contribution is 7.89. The molecule has 0 aromatic heterocycles. The quantitative estimate of drug-likeness (QED) is 0.493. The van der Waals surface area contributed by atoms with E-state index in [4.69, 9.17) is 33.7 Å². The summed E-state index contributed by atoms with van der Waals surface area (Å²) in [6, 6.07) is 8.56. The number of anilines is 2. The molecule has 0 saturated carbocycles. The lowest BCUT2D eigenvalue weighted by molar-refractivity contribution is -0.119. The summed E-state index contributed by atoms with van der Waals surface area (Å²) in [5.74, 6) is -1.51. The third-order valence-corrected chi connectivity index (χ3v) is 6.89. The zero-order valence-electron chi connectivity index (χ0n) is 15.7. The Morgan fingerprint density at radius 1 is 1.13 bits per heavy atom. The maximum absolute atomic E-state index is 12.6. The lowest BCUT2D eigenvalue weighted by atomic mass is 10.2. The van der Waals surface area contributed by atoms with Gasteiger partial charge in [0.25, 0.3) is 5.91 Å². The fourth-order valence-electron chi connectivity index (χ4n) is 2.97.